The molecule has 0 bridgehead atoms. The van der Waals surface area contributed by atoms with E-state index in [1.54, 1.807) is 17.5 Å². The zero-order chi connectivity index (χ0) is 17.1. The molecule has 0 saturated carbocycles. The monoisotopic (exact) mass is 359 g/mol. The molecule has 2 amide bonds. The van der Waals surface area contributed by atoms with E-state index in [1.807, 2.05) is 31.2 Å². The van der Waals surface area contributed by atoms with Crippen LogP contribution in [0.1, 0.15) is 24.9 Å². The predicted octanol–water partition coefficient (Wildman–Crippen LogP) is 3.38. The van der Waals surface area contributed by atoms with Crippen molar-refractivity contribution in [2.24, 2.45) is 0 Å². The Bertz CT molecular complexity index is 912. The van der Waals surface area contributed by atoms with Gasteiger partial charge in [0.2, 0.25) is 0 Å². The molecule has 3 rings (SSSR count). The van der Waals surface area contributed by atoms with Crippen molar-refractivity contribution in [2.75, 3.05) is 6.61 Å². The highest BCUT2D eigenvalue weighted by Crippen LogP contribution is 2.30. The van der Waals surface area contributed by atoms with Gasteiger partial charge in [0.05, 0.1) is 4.88 Å². The zero-order valence-electron chi connectivity index (χ0n) is 12.7. The van der Waals surface area contributed by atoms with Gasteiger partial charge in [-0.25, -0.2) is 4.79 Å². The number of ether oxygens (including phenoxy) is 1. The molecule has 5 nitrogen and oxygen atoms in total. The van der Waals surface area contributed by atoms with Gasteiger partial charge in [0.25, 0.3) is 11.8 Å². The molecule has 3 aromatic rings. The zero-order valence-corrected chi connectivity index (χ0v) is 14.3. The van der Waals surface area contributed by atoms with Crippen LogP contribution >= 0.6 is 22.7 Å². The topological polar surface area (TPSA) is 72.5 Å². The van der Waals surface area contributed by atoms with Crippen molar-refractivity contribution < 1.29 is 19.1 Å². The number of amides is 2. The quantitative estimate of drug-likeness (QED) is 0.725. The first-order chi connectivity index (χ1) is 11.6. The number of hydrogen-bond acceptors (Lipinski definition) is 6. The number of esters is 1. The standard InChI is InChI=1S/C17H13NO4S2/c1-10-11-5-2-3-6-12(11)24-15(10)17(21)22-9-14(19)18-16(20)13-7-4-8-23-13/h2-8H,9H2,1H3,(H,18,19,20). The fourth-order valence-corrected chi connectivity index (χ4v) is 3.92. The van der Waals surface area contributed by atoms with E-state index in [0.29, 0.717) is 9.75 Å². The van der Waals surface area contributed by atoms with Crippen LogP contribution < -0.4 is 5.32 Å². The first-order valence-electron chi connectivity index (χ1n) is 7.09. The lowest BCUT2D eigenvalue weighted by Crippen LogP contribution is -2.33. The molecule has 0 spiro atoms. The number of benzene rings is 1. The van der Waals surface area contributed by atoms with Gasteiger partial charge >= 0.3 is 5.97 Å². The number of nitrogens with one attached hydrogen (secondary N) is 1. The molecule has 1 aromatic carbocycles. The van der Waals surface area contributed by atoms with Crippen LogP contribution in [0, 0.1) is 6.92 Å². The number of thiophene rings is 2. The lowest BCUT2D eigenvalue weighted by molar-refractivity contribution is -0.123. The Hall–Kier alpha value is -2.51. The van der Waals surface area contributed by atoms with Gasteiger partial charge in [0.1, 0.15) is 4.88 Å². The molecular weight excluding hydrogens is 346 g/mol. The first kappa shape index (κ1) is 16.4. The Kier molecular flexibility index (Phi) is 4.73. The van der Waals surface area contributed by atoms with Gasteiger partial charge < -0.3 is 4.74 Å². The second-order valence-electron chi connectivity index (χ2n) is 4.98. The molecule has 0 radical (unpaired) electrons. The molecule has 2 aromatic heterocycles. The van der Waals surface area contributed by atoms with Crippen LogP contribution in [-0.2, 0) is 9.53 Å². The Morgan fingerprint density at radius 3 is 2.62 bits per heavy atom. The van der Waals surface area contributed by atoms with E-state index >= 15 is 0 Å². The fraction of sp³-hybridized carbons (Fsp3) is 0.118. The minimum atomic E-state index is -0.652. The number of aryl methyl sites for hydroxylation is 1. The largest absolute Gasteiger partial charge is 0.451 e. The van der Waals surface area contributed by atoms with Crippen molar-refractivity contribution >= 4 is 50.5 Å². The maximum atomic E-state index is 12.2. The molecule has 0 saturated heterocycles. The van der Waals surface area contributed by atoms with Gasteiger partial charge in [-0.15, -0.1) is 22.7 Å². The molecule has 7 heteroatoms. The van der Waals surface area contributed by atoms with E-state index in [-0.39, 0.29) is 0 Å². The van der Waals surface area contributed by atoms with Gasteiger partial charge in [-0.2, -0.15) is 0 Å². The van der Waals surface area contributed by atoms with Crippen LogP contribution in [0.4, 0.5) is 0 Å². The third-order valence-corrected chi connectivity index (χ3v) is 5.48. The molecule has 24 heavy (non-hydrogen) atoms. The number of imide groups is 1. The lowest BCUT2D eigenvalue weighted by atomic mass is 10.1. The van der Waals surface area contributed by atoms with E-state index < -0.39 is 24.4 Å². The third kappa shape index (κ3) is 3.37. The van der Waals surface area contributed by atoms with Gasteiger partial charge in [-0.05, 0) is 35.4 Å². The van der Waals surface area contributed by atoms with Gasteiger partial charge in [-0.1, -0.05) is 24.3 Å². The summed E-state index contributed by atoms with van der Waals surface area (Å²) in [4.78, 5) is 36.6. The molecule has 1 N–H and O–H groups in total. The highest BCUT2D eigenvalue weighted by Gasteiger charge is 2.18. The molecule has 0 aliphatic heterocycles. The summed E-state index contributed by atoms with van der Waals surface area (Å²) >= 11 is 2.55. The third-order valence-electron chi connectivity index (χ3n) is 3.36. The highest BCUT2D eigenvalue weighted by molar-refractivity contribution is 7.21. The summed E-state index contributed by atoms with van der Waals surface area (Å²) in [6, 6.07) is 11.0. The summed E-state index contributed by atoms with van der Waals surface area (Å²) in [6.07, 6.45) is 0. The summed E-state index contributed by atoms with van der Waals surface area (Å²) in [7, 11) is 0. The molecular formula is C17H13NO4S2. The van der Waals surface area contributed by atoms with Crippen LogP contribution in [0.15, 0.2) is 41.8 Å². The summed E-state index contributed by atoms with van der Waals surface area (Å²) in [5.74, 6) is -1.71. The van der Waals surface area contributed by atoms with E-state index in [2.05, 4.69) is 5.32 Å². The van der Waals surface area contributed by atoms with E-state index in [9.17, 15) is 14.4 Å². The molecule has 122 valence electrons. The molecule has 0 aliphatic carbocycles. The van der Waals surface area contributed by atoms with Crippen molar-refractivity contribution in [3.8, 4) is 0 Å². The number of carbonyl (C=O) groups excluding carboxylic acids is 3. The second kappa shape index (κ2) is 6.94. The summed E-state index contributed by atoms with van der Waals surface area (Å²) in [6.45, 7) is 1.35. The SMILES string of the molecule is Cc1c(C(=O)OCC(=O)NC(=O)c2cccs2)sc2ccccc12. The van der Waals surface area contributed by atoms with E-state index in [0.717, 1.165) is 15.6 Å². The number of rotatable bonds is 4. The Morgan fingerprint density at radius 1 is 1.12 bits per heavy atom. The van der Waals surface area contributed by atoms with Crippen LogP contribution in [0.5, 0.6) is 0 Å². The minimum Gasteiger partial charge on any atom is -0.451 e. The molecule has 0 fully saturated rings. The number of hydrogen-bond donors (Lipinski definition) is 1. The van der Waals surface area contributed by atoms with E-state index in [4.69, 9.17) is 4.74 Å². The maximum Gasteiger partial charge on any atom is 0.349 e. The van der Waals surface area contributed by atoms with Gasteiger partial charge in [0, 0.05) is 4.70 Å². The number of fused-ring (bicyclic) bond motifs is 1. The van der Waals surface area contributed by atoms with Crippen molar-refractivity contribution in [3.63, 3.8) is 0 Å². The average Bonchev–Trinajstić information content (AvgIpc) is 3.21. The van der Waals surface area contributed by atoms with Crippen LogP contribution in [0.2, 0.25) is 0 Å². The summed E-state index contributed by atoms with van der Waals surface area (Å²) in [5.41, 5.74) is 0.829. The molecule has 0 aliphatic rings. The predicted molar refractivity (Wildman–Crippen MR) is 93.6 cm³/mol. The molecule has 0 unspecified atom stereocenters. The highest BCUT2D eigenvalue weighted by atomic mass is 32.1. The summed E-state index contributed by atoms with van der Waals surface area (Å²) in [5, 5.41) is 4.92. The number of carbonyl (C=O) groups is 3. The van der Waals surface area contributed by atoms with Crippen molar-refractivity contribution in [2.45, 2.75) is 6.92 Å². The van der Waals surface area contributed by atoms with Crippen LogP contribution in [0.3, 0.4) is 0 Å². The fourth-order valence-electron chi connectivity index (χ4n) is 2.20. The first-order valence-corrected chi connectivity index (χ1v) is 8.79. The Morgan fingerprint density at radius 2 is 1.92 bits per heavy atom. The Balaban J connectivity index is 1.61. The Labute approximate surface area is 145 Å². The van der Waals surface area contributed by atoms with Gasteiger partial charge in [-0.3, -0.25) is 14.9 Å². The van der Waals surface area contributed by atoms with Crippen molar-refractivity contribution in [3.05, 3.63) is 57.1 Å². The van der Waals surface area contributed by atoms with Crippen molar-refractivity contribution in [1.82, 2.24) is 5.32 Å². The summed E-state index contributed by atoms with van der Waals surface area (Å²) < 4.78 is 6.01. The average molecular weight is 359 g/mol. The van der Waals surface area contributed by atoms with E-state index in [1.165, 1.54) is 22.7 Å². The van der Waals surface area contributed by atoms with Crippen LogP contribution in [0.25, 0.3) is 10.1 Å². The minimum absolute atomic E-state index is 0.426. The normalized spacial score (nSPS) is 10.5. The van der Waals surface area contributed by atoms with Crippen molar-refractivity contribution in [1.29, 1.82) is 0 Å². The molecule has 2 heterocycles. The molecule has 0 atom stereocenters. The van der Waals surface area contributed by atoms with Gasteiger partial charge in [0.15, 0.2) is 6.61 Å². The lowest BCUT2D eigenvalue weighted by Gasteiger charge is -2.04. The maximum absolute atomic E-state index is 12.2. The van der Waals surface area contributed by atoms with Crippen LogP contribution in [-0.4, -0.2) is 24.4 Å². The smallest absolute Gasteiger partial charge is 0.349 e. The second-order valence-corrected chi connectivity index (χ2v) is 6.98.